The van der Waals surface area contributed by atoms with E-state index in [1.165, 1.54) is 0 Å². The highest BCUT2D eigenvalue weighted by atomic mass is 79.9. The zero-order chi connectivity index (χ0) is 14.0. The molecule has 0 spiro atoms. The Morgan fingerprint density at radius 2 is 2.05 bits per heavy atom. The lowest BCUT2D eigenvalue weighted by molar-refractivity contribution is -0.114. The van der Waals surface area contributed by atoms with Gasteiger partial charge in [-0.25, -0.2) is 0 Å². The Kier molecular flexibility index (Phi) is 4.68. The number of nitrogens with zero attached hydrogens (tertiary/aromatic N) is 1. The predicted molar refractivity (Wildman–Crippen MR) is 83.2 cm³/mol. The Morgan fingerprint density at radius 1 is 1.32 bits per heavy atom. The van der Waals surface area contributed by atoms with Gasteiger partial charge in [0.15, 0.2) is 0 Å². The van der Waals surface area contributed by atoms with E-state index in [9.17, 15) is 9.59 Å². The Bertz CT molecular complexity index is 530. The monoisotopic (exact) mass is 341 g/mol. The number of fused-ring (bicyclic) bond motifs is 1. The first-order valence-electron chi connectivity index (χ1n) is 6.30. The van der Waals surface area contributed by atoms with Crippen molar-refractivity contribution >= 4 is 45.1 Å². The fourth-order valence-electron chi connectivity index (χ4n) is 2.29. The van der Waals surface area contributed by atoms with Gasteiger partial charge in [-0.15, -0.1) is 0 Å². The Morgan fingerprint density at radius 3 is 2.74 bits per heavy atom. The summed E-state index contributed by atoms with van der Waals surface area (Å²) in [6.45, 7) is 4.67. The molecule has 0 N–H and O–H groups in total. The van der Waals surface area contributed by atoms with Crippen molar-refractivity contribution in [1.82, 2.24) is 0 Å². The molecule has 0 unspecified atom stereocenters. The molecule has 1 aliphatic heterocycles. The van der Waals surface area contributed by atoms with Crippen molar-refractivity contribution in [1.29, 1.82) is 0 Å². The molecular weight excluding hydrogens is 326 g/mol. The molecule has 0 aliphatic carbocycles. The maximum absolute atomic E-state index is 12.0. The second-order valence-corrected chi connectivity index (χ2v) is 6.76. The summed E-state index contributed by atoms with van der Waals surface area (Å²) in [5.41, 5.74) is 2.28. The molecule has 0 bridgehead atoms. The van der Waals surface area contributed by atoms with Crippen LogP contribution in [-0.4, -0.2) is 29.7 Å². The van der Waals surface area contributed by atoms with Crippen molar-refractivity contribution in [2.45, 2.75) is 20.3 Å². The topological polar surface area (TPSA) is 37.4 Å². The summed E-state index contributed by atoms with van der Waals surface area (Å²) in [5.74, 6) is 1.31. The van der Waals surface area contributed by atoms with Crippen LogP contribution in [0.5, 0.6) is 0 Å². The van der Waals surface area contributed by atoms with Gasteiger partial charge in [0.25, 0.3) is 11.7 Å². The first-order valence-corrected chi connectivity index (χ1v) is 8.25. The number of aryl methyl sites for hydroxylation is 1. The number of hydrogen-bond acceptors (Lipinski definition) is 3. The minimum atomic E-state index is -0.391. The molecule has 102 valence electrons. The van der Waals surface area contributed by atoms with Crippen LogP contribution in [0.15, 0.2) is 16.6 Å². The summed E-state index contributed by atoms with van der Waals surface area (Å²) in [6, 6.07) is 3.68. The number of Topliss-reactive ketones (excluding diaryl/α,β-unsaturated/α-hetero) is 1. The second kappa shape index (κ2) is 6.09. The molecule has 19 heavy (non-hydrogen) atoms. The van der Waals surface area contributed by atoms with E-state index in [4.69, 9.17) is 0 Å². The first kappa shape index (κ1) is 14.6. The van der Waals surface area contributed by atoms with Crippen molar-refractivity contribution in [2.75, 3.05) is 23.0 Å². The third-order valence-corrected chi connectivity index (χ3v) is 4.54. The number of carbonyl (C=O) groups excluding carboxylic acids is 2. The molecule has 1 aromatic carbocycles. The van der Waals surface area contributed by atoms with E-state index in [0.717, 1.165) is 33.7 Å². The van der Waals surface area contributed by atoms with E-state index in [0.29, 0.717) is 12.1 Å². The van der Waals surface area contributed by atoms with E-state index >= 15 is 0 Å². The first-order chi connectivity index (χ1) is 9.06. The van der Waals surface area contributed by atoms with Gasteiger partial charge in [0.05, 0.1) is 11.3 Å². The van der Waals surface area contributed by atoms with Crippen LogP contribution < -0.4 is 4.90 Å². The maximum atomic E-state index is 12.0. The summed E-state index contributed by atoms with van der Waals surface area (Å²) in [7, 11) is 0. The highest BCUT2D eigenvalue weighted by molar-refractivity contribution is 9.10. The SMILES string of the molecule is CCSCCCN1C(=O)C(=O)c2cc(Br)cc(C)c21. The molecule has 3 nitrogen and oxygen atoms in total. The zero-order valence-corrected chi connectivity index (χ0v) is 13.4. The van der Waals surface area contributed by atoms with Gasteiger partial charge in [0.1, 0.15) is 0 Å². The minimum absolute atomic E-state index is 0.387. The van der Waals surface area contributed by atoms with Crippen LogP contribution in [0.2, 0.25) is 0 Å². The van der Waals surface area contributed by atoms with Crippen molar-refractivity contribution in [3.63, 3.8) is 0 Å². The summed E-state index contributed by atoms with van der Waals surface area (Å²) in [5, 5.41) is 0. The molecule has 1 aromatic rings. The number of hydrogen-bond donors (Lipinski definition) is 0. The lowest BCUT2D eigenvalue weighted by Crippen LogP contribution is -2.31. The number of anilines is 1. The lowest BCUT2D eigenvalue weighted by atomic mass is 10.1. The average molecular weight is 342 g/mol. The Balaban J connectivity index is 2.23. The molecule has 0 fully saturated rings. The third kappa shape index (κ3) is 2.87. The van der Waals surface area contributed by atoms with Crippen LogP contribution in [0.25, 0.3) is 0 Å². The molecule has 5 heteroatoms. The number of carbonyl (C=O) groups is 2. The number of rotatable bonds is 5. The number of benzene rings is 1. The molecule has 1 amide bonds. The van der Waals surface area contributed by atoms with Gasteiger partial charge in [-0.2, -0.15) is 11.8 Å². The number of thioether (sulfide) groups is 1. The fourth-order valence-corrected chi connectivity index (χ4v) is 3.48. The maximum Gasteiger partial charge on any atom is 0.299 e. The van der Waals surface area contributed by atoms with Crippen molar-refractivity contribution in [3.05, 3.63) is 27.7 Å². The quantitative estimate of drug-likeness (QED) is 0.608. The average Bonchev–Trinajstić information content (AvgIpc) is 2.60. The van der Waals surface area contributed by atoms with Crippen LogP contribution >= 0.6 is 27.7 Å². The van der Waals surface area contributed by atoms with E-state index < -0.39 is 5.91 Å². The molecule has 0 saturated heterocycles. The van der Waals surface area contributed by atoms with Crippen molar-refractivity contribution in [2.24, 2.45) is 0 Å². The van der Waals surface area contributed by atoms with Gasteiger partial charge in [0, 0.05) is 11.0 Å². The van der Waals surface area contributed by atoms with E-state index in [1.807, 2.05) is 24.8 Å². The molecule has 2 rings (SSSR count). The molecule has 0 aromatic heterocycles. The zero-order valence-electron chi connectivity index (χ0n) is 11.0. The van der Waals surface area contributed by atoms with Crippen LogP contribution in [-0.2, 0) is 4.79 Å². The van der Waals surface area contributed by atoms with Gasteiger partial charge in [-0.1, -0.05) is 22.9 Å². The lowest BCUT2D eigenvalue weighted by Gasteiger charge is -2.18. The number of ketones is 1. The molecule has 0 radical (unpaired) electrons. The van der Waals surface area contributed by atoms with E-state index in [2.05, 4.69) is 22.9 Å². The molecule has 1 aliphatic rings. The molecule has 0 saturated carbocycles. The third-order valence-electron chi connectivity index (χ3n) is 3.09. The Hall–Kier alpha value is -0.810. The van der Waals surface area contributed by atoms with Gasteiger partial charge in [0.2, 0.25) is 0 Å². The minimum Gasteiger partial charge on any atom is -0.304 e. The summed E-state index contributed by atoms with van der Waals surface area (Å²) < 4.78 is 0.841. The van der Waals surface area contributed by atoms with Crippen molar-refractivity contribution < 1.29 is 9.59 Å². The predicted octanol–water partition coefficient (Wildman–Crippen LogP) is 3.43. The Labute approximate surface area is 125 Å². The molecule has 0 atom stereocenters. The second-order valence-electron chi connectivity index (χ2n) is 4.46. The van der Waals surface area contributed by atoms with Crippen LogP contribution in [0.1, 0.15) is 29.3 Å². The summed E-state index contributed by atoms with van der Waals surface area (Å²) >= 11 is 5.22. The standard InChI is InChI=1S/C14H16BrNO2S/c1-3-19-6-4-5-16-12-9(2)7-10(15)8-11(12)13(17)14(16)18/h7-8H,3-6H2,1-2H3. The van der Waals surface area contributed by atoms with Gasteiger partial charge in [-0.05, 0) is 42.5 Å². The highest BCUT2D eigenvalue weighted by Crippen LogP contribution is 2.35. The summed E-state index contributed by atoms with van der Waals surface area (Å²) in [6.07, 6.45) is 0.909. The smallest absolute Gasteiger partial charge is 0.299 e. The van der Waals surface area contributed by atoms with Crippen LogP contribution in [0.4, 0.5) is 5.69 Å². The van der Waals surface area contributed by atoms with E-state index in [-0.39, 0.29) is 5.78 Å². The van der Waals surface area contributed by atoms with Gasteiger partial charge < -0.3 is 4.90 Å². The highest BCUT2D eigenvalue weighted by Gasteiger charge is 2.36. The normalized spacial score (nSPS) is 14.2. The van der Waals surface area contributed by atoms with Gasteiger partial charge >= 0.3 is 0 Å². The largest absolute Gasteiger partial charge is 0.304 e. The number of amides is 1. The molecule has 1 heterocycles. The summed E-state index contributed by atoms with van der Waals surface area (Å²) in [4.78, 5) is 25.7. The molecular formula is C14H16BrNO2S. The van der Waals surface area contributed by atoms with Gasteiger partial charge in [-0.3, -0.25) is 9.59 Å². The van der Waals surface area contributed by atoms with E-state index in [1.54, 1.807) is 11.0 Å². The fraction of sp³-hybridized carbons (Fsp3) is 0.429. The van der Waals surface area contributed by atoms with Crippen LogP contribution in [0.3, 0.4) is 0 Å². The number of halogens is 1. The van der Waals surface area contributed by atoms with Crippen LogP contribution in [0, 0.1) is 6.92 Å². The van der Waals surface area contributed by atoms with Crippen molar-refractivity contribution in [3.8, 4) is 0 Å².